The molecule has 0 radical (unpaired) electrons. The summed E-state index contributed by atoms with van der Waals surface area (Å²) in [6.07, 6.45) is 6.05. The summed E-state index contributed by atoms with van der Waals surface area (Å²) in [6, 6.07) is 6.09. The topological polar surface area (TPSA) is 90.0 Å². The van der Waals surface area contributed by atoms with E-state index in [0.717, 1.165) is 26.1 Å². The molecule has 0 spiro atoms. The fraction of sp³-hybridized carbons (Fsp3) is 0.636. The van der Waals surface area contributed by atoms with Gasteiger partial charge < -0.3 is 15.1 Å². The molecule has 2 heterocycles. The van der Waals surface area contributed by atoms with Gasteiger partial charge in [0, 0.05) is 45.2 Å². The number of sulfonamides is 1. The Kier molecular flexibility index (Phi) is 8.45. The van der Waals surface area contributed by atoms with Crippen LogP contribution in [0.3, 0.4) is 0 Å². The molecule has 172 valence electrons. The van der Waals surface area contributed by atoms with Gasteiger partial charge in [-0.15, -0.1) is 0 Å². The van der Waals surface area contributed by atoms with E-state index in [1.165, 1.54) is 49.0 Å². The number of carbonyl (C=O) groups is 2. The van der Waals surface area contributed by atoms with E-state index >= 15 is 0 Å². The number of likely N-dealkylation sites (tertiary alicyclic amines) is 1. The van der Waals surface area contributed by atoms with Crippen LogP contribution in [0.1, 0.15) is 49.4 Å². The van der Waals surface area contributed by atoms with Gasteiger partial charge in [0.15, 0.2) is 0 Å². The molecule has 0 atom stereocenters. The molecule has 0 bridgehead atoms. The summed E-state index contributed by atoms with van der Waals surface area (Å²) < 4.78 is 27.1. The molecule has 0 aromatic heterocycles. The van der Waals surface area contributed by atoms with Crippen LogP contribution in [0.4, 0.5) is 0 Å². The standard InChI is InChI=1S/C22H34N4O4S/c1-19(27)25-15-17-26(18-16-25)31(29,30)21-9-7-20(8-10-21)22(28)23-11-6-14-24-12-4-2-3-5-13-24/h7-10H,2-6,11-18H2,1H3,(H,23,28). The van der Waals surface area contributed by atoms with E-state index in [2.05, 4.69) is 10.2 Å². The van der Waals surface area contributed by atoms with Crippen molar-refractivity contribution in [3.8, 4) is 0 Å². The number of carbonyl (C=O) groups excluding carboxylic acids is 2. The second-order valence-electron chi connectivity index (χ2n) is 8.30. The lowest BCUT2D eigenvalue weighted by molar-refractivity contribution is -0.129. The largest absolute Gasteiger partial charge is 0.352 e. The van der Waals surface area contributed by atoms with Crippen LogP contribution in [0, 0.1) is 0 Å². The zero-order chi connectivity index (χ0) is 22.3. The minimum atomic E-state index is -3.63. The summed E-state index contributed by atoms with van der Waals surface area (Å²) in [6.45, 7) is 6.73. The molecule has 8 nitrogen and oxygen atoms in total. The summed E-state index contributed by atoms with van der Waals surface area (Å²) in [5.41, 5.74) is 0.454. The maximum absolute atomic E-state index is 12.8. The summed E-state index contributed by atoms with van der Waals surface area (Å²) in [4.78, 5) is 28.1. The second-order valence-corrected chi connectivity index (χ2v) is 10.2. The van der Waals surface area contributed by atoms with Gasteiger partial charge in [-0.05, 0) is 63.2 Å². The Hall–Kier alpha value is -1.97. The van der Waals surface area contributed by atoms with Crippen molar-refractivity contribution in [2.24, 2.45) is 0 Å². The zero-order valence-electron chi connectivity index (χ0n) is 18.4. The number of rotatable bonds is 7. The number of benzene rings is 1. The molecule has 2 aliphatic rings. The van der Waals surface area contributed by atoms with E-state index in [4.69, 9.17) is 0 Å². The molecular formula is C22H34N4O4S. The van der Waals surface area contributed by atoms with Crippen LogP contribution >= 0.6 is 0 Å². The van der Waals surface area contributed by atoms with Crippen molar-refractivity contribution in [3.05, 3.63) is 29.8 Å². The molecule has 2 saturated heterocycles. The van der Waals surface area contributed by atoms with Gasteiger partial charge in [-0.1, -0.05) is 12.8 Å². The summed E-state index contributed by atoms with van der Waals surface area (Å²) in [5, 5.41) is 2.93. The van der Waals surface area contributed by atoms with E-state index in [1.54, 1.807) is 17.0 Å². The van der Waals surface area contributed by atoms with Crippen LogP contribution < -0.4 is 5.32 Å². The third kappa shape index (κ3) is 6.51. The highest BCUT2D eigenvalue weighted by Gasteiger charge is 2.29. The summed E-state index contributed by atoms with van der Waals surface area (Å²) in [5.74, 6) is -0.228. The monoisotopic (exact) mass is 450 g/mol. The van der Waals surface area contributed by atoms with Crippen LogP contribution in [-0.4, -0.2) is 86.7 Å². The lowest BCUT2D eigenvalue weighted by atomic mass is 10.2. The van der Waals surface area contributed by atoms with Crippen molar-refractivity contribution in [2.75, 3.05) is 52.4 Å². The van der Waals surface area contributed by atoms with Crippen molar-refractivity contribution in [1.82, 2.24) is 19.4 Å². The molecule has 1 aromatic rings. The normalized spacial score (nSPS) is 19.1. The van der Waals surface area contributed by atoms with Crippen molar-refractivity contribution in [1.29, 1.82) is 0 Å². The highest BCUT2D eigenvalue weighted by atomic mass is 32.2. The Balaban J connectivity index is 1.47. The molecule has 2 aliphatic heterocycles. The molecule has 0 saturated carbocycles. The number of amides is 2. The molecule has 1 N–H and O–H groups in total. The van der Waals surface area contributed by atoms with Gasteiger partial charge in [0.05, 0.1) is 4.90 Å². The van der Waals surface area contributed by atoms with Crippen molar-refractivity contribution in [2.45, 2.75) is 43.9 Å². The van der Waals surface area contributed by atoms with E-state index in [1.807, 2.05) is 0 Å². The van der Waals surface area contributed by atoms with Crippen molar-refractivity contribution < 1.29 is 18.0 Å². The fourth-order valence-corrected chi connectivity index (χ4v) is 5.56. The molecule has 9 heteroatoms. The van der Waals surface area contributed by atoms with Crippen LogP contribution in [0.5, 0.6) is 0 Å². The minimum absolute atomic E-state index is 0.0427. The minimum Gasteiger partial charge on any atom is -0.352 e. The average Bonchev–Trinajstić information content (AvgIpc) is 3.05. The summed E-state index contributed by atoms with van der Waals surface area (Å²) in [7, 11) is -3.63. The molecular weight excluding hydrogens is 416 g/mol. The Bertz CT molecular complexity index is 841. The van der Waals surface area contributed by atoms with E-state index in [-0.39, 0.29) is 29.8 Å². The quantitative estimate of drug-likeness (QED) is 0.637. The smallest absolute Gasteiger partial charge is 0.251 e. The van der Waals surface area contributed by atoms with Gasteiger partial charge in [-0.2, -0.15) is 4.31 Å². The highest BCUT2D eigenvalue weighted by Crippen LogP contribution is 2.18. The highest BCUT2D eigenvalue weighted by molar-refractivity contribution is 7.89. The van der Waals surface area contributed by atoms with Gasteiger partial charge in [-0.25, -0.2) is 8.42 Å². The average molecular weight is 451 g/mol. The summed E-state index contributed by atoms with van der Waals surface area (Å²) >= 11 is 0. The predicted molar refractivity (Wildman–Crippen MR) is 119 cm³/mol. The lowest BCUT2D eigenvalue weighted by Gasteiger charge is -2.33. The molecule has 31 heavy (non-hydrogen) atoms. The van der Waals surface area contributed by atoms with Gasteiger partial charge in [0.2, 0.25) is 15.9 Å². The molecule has 0 unspecified atom stereocenters. The second kappa shape index (κ2) is 11.1. The first kappa shape index (κ1) is 23.7. The number of piperazine rings is 1. The van der Waals surface area contributed by atoms with Gasteiger partial charge in [-0.3, -0.25) is 9.59 Å². The number of nitrogens with one attached hydrogen (secondary N) is 1. The first-order valence-electron chi connectivity index (χ1n) is 11.2. The number of nitrogens with zero attached hydrogens (tertiary/aromatic N) is 3. The van der Waals surface area contributed by atoms with E-state index in [0.29, 0.717) is 25.2 Å². The fourth-order valence-electron chi connectivity index (χ4n) is 4.14. The Morgan fingerprint density at radius 3 is 2.10 bits per heavy atom. The van der Waals surface area contributed by atoms with Crippen LogP contribution in [0.2, 0.25) is 0 Å². The molecule has 2 amide bonds. The van der Waals surface area contributed by atoms with Gasteiger partial charge in [0.25, 0.3) is 5.91 Å². The Morgan fingerprint density at radius 2 is 1.52 bits per heavy atom. The third-order valence-electron chi connectivity index (χ3n) is 6.07. The first-order valence-corrected chi connectivity index (χ1v) is 12.7. The van der Waals surface area contributed by atoms with Crippen LogP contribution in [0.25, 0.3) is 0 Å². The number of hydrogen-bond donors (Lipinski definition) is 1. The molecule has 3 rings (SSSR count). The maximum Gasteiger partial charge on any atom is 0.251 e. The van der Waals surface area contributed by atoms with Gasteiger partial charge in [0.1, 0.15) is 0 Å². The van der Waals surface area contributed by atoms with Gasteiger partial charge >= 0.3 is 0 Å². The Labute approximate surface area is 185 Å². The Morgan fingerprint density at radius 1 is 0.903 bits per heavy atom. The van der Waals surface area contributed by atoms with E-state index in [9.17, 15) is 18.0 Å². The molecule has 1 aromatic carbocycles. The zero-order valence-corrected chi connectivity index (χ0v) is 19.2. The molecule has 2 fully saturated rings. The maximum atomic E-state index is 12.8. The van der Waals surface area contributed by atoms with Crippen LogP contribution in [-0.2, 0) is 14.8 Å². The lowest BCUT2D eigenvalue weighted by Crippen LogP contribution is -2.49. The SMILES string of the molecule is CC(=O)N1CCN(S(=O)(=O)c2ccc(C(=O)NCCCN3CCCCCC3)cc2)CC1. The third-order valence-corrected chi connectivity index (χ3v) is 7.99. The number of hydrogen-bond acceptors (Lipinski definition) is 5. The predicted octanol–water partition coefficient (Wildman–Crippen LogP) is 1.54. The van der Waals surface area contributed by atoms with Crippen LogP contribution in [0.15, 0.2) is 29.2 Å². The van der Waals surface area contributed by atoms with Crippen molar-refractivity contribution >= 4 is 21.8 Å². The van der Waals surface area contributed by atoms with Crippen molar-refractivity contribution in [3.63, 3.8) is 0 Å². The van der Waals surface area contributed by atoms with E-state index < -0.39 is 10.0 Å². The molecule has 0 aliphatic carbocycles. The first-order chi connectivity index (χ1) is 14.9.